The fourth-order valence-corrected chi connectivity index (χ4v) is 4.46. The number of nitrogens with zero attached hydrogens (tertiary/aromatic N) is 3. The van der Waals surface area contributed by atoms with Crippen molar-refractivity contribution in [2.45, 2.75) is 45.3 Å². The predicted octanol–water partition coefficient (Wildman–Crippen LogP) is 3.40. The van der Waals surface area contributed by atoms with E-state index in [1.54, 1.807) is 24.2 Å². The highest BCUT2D eigenvalue weighted by Crippen LogP contribution is 2.49. The molecule has 2 heterocycles. The molecule has 2 fully saturated rings. The molecule has 0 radical (unpaired) electrons. The molecule has 1 aromatic carbocycles. The summed E-state index contributed by atoms with van der Waals surface area (Å²) in [6.45, 7) is 7.11. The van der Waals surface area contributed by atoms with E-state index in [1.807, 2.05) is 26.8 Å². The van der Waals surface area contributed by atoms with Gasteiger partial charge in [-0.1, -0.05) is 11.6 Å². The van der Waals surface area contributed by atoms with Crippen molar-refractivity contribution in [2.24, 2.45) is 12.5 Å². The monoisotopic (exact) mass is 404 g/mol. The van der Waals surface area contributed by atoms with Gasteiger partial charge in [-0.15, -0.1) is 0 Å². The number of nitrogens with one attached hydrogen (secondary N) is 1. The molecule has 4 rings (SSSR count). The summed E-state index contributed by atoms with van der Waals surface area (Å²) in [4.78, 5) is 26.3. The number of carbonyl (C=O) groups excluding carboxylic acids is 1. The Morgan fingerprint density at radius 2 is 2.00 bits per heavy atom. The summed E-state index contributed by atoms with van der Waals surface area (Å²) in [5, 5.41) is 9.29. The van der Waals surface area contributed by atoms with Gasteiger partial charge in [0.25, 0.3) is 5.56 Å². The summed E-state index contributed by atoms with van der Waals surface area (Å²) < 4.78 is 6.71. The van der Waals surface area contributed by atoms with Crippen LogP contribution in [-0.4, -0.2) is 45.5 Å². The quantitative estimate of drug-likeness (QED) is 0.830. The molecule has 1 saturated carbocycles. The molecule has 8 heteroatoms. The molecule has 2 aliphatic rings. The van der Waals surface area contributed by atoms with Crippen LogP contribution in [0, 0.1) is 5.41 Å². The van der Waals surface area contributed by atoms with Gasteiger partial charge in [0.15, 0.2) is 0 Å². The van der Waals surface area contributed by atoms with Gasteiger partial charge in [-0.3, -0.25) is 4.79 Å². The van der Waals surface area contributed by atoms with E-state index in [-0.39, 0.29) is 17.1 Å². The summed E-state index contributed by atoms with van der Waals surface area (Å²) >= 11 is 6.24. The standard InChI is InChI=1S/C20H25ClN4O3/c1-19(2,3)28-18(27)25-10-20(11-25)7-12(8-20)23-15-6-5-14(21)16-13(15)9-22-24(4)17(16)26/h5-6,9,12,23H,7-8,10-11H2,1-4H3. The number of hydrogen-bond donors (Lipinski definition) is 1. The lowest BCUT2D eigenvalue weighted by atomic mass is 9.60. The van der Waals surface area contributed by atoms with Crippen molar-refractivity contribution in [3.63, 3.8) is 0 Å². The van der Waals surface area contributed by atoms with E-state index >= 15 is 0 Å². The van der Waals surface area contributed by atoms with Gasteiger partial charge < -0.3 is 15.0 Å². The second-order valence-corrected chi connectivity index (χ2v) is 9.45. The van der Waals surface area contributed by atoms with Gasteiger partial charge in [0.2, 0.25) is 0 Å². The molecule has 1 spiro atoms. The smallest absolute Gasteiger partial charge is 0.410 e. The molecule has 1 amide bonds. The highest BCUT2D eigenvalue weighted by Gasteiger charge is 2.54. The molecule has 1 aromatic heterocycles. The van der Waals surface area contributed by atoms with Crippen molar-refractivity contribution >= 4 is 34.2 Å². The summed E-state index contributed by atoms with van der Waals surface area (Å²) in [5.41, 5.74) is 0.381. The van der Waals surface area contributed by atoms with Crippen LogP contribution in [0.1, 0.15) is 33.6 Å². The van der Waals surface area contributed by atoms with Crippen LogP contribution in [0.25, 0.3) is 10.8 Å². The first-order valence-corrected chi connectivity index (χ1v) is 9.84. The number of likely N-dealkylation sites (tertiary alicyclic amines) is 1. The third-order valence-corrected chi connectivity index (χ3v) is 5.80. The van der Waals surface area contributed by atoms with Gasteiger partial charge in [0, 0.05) is 42.7 Å². The van der Waals surface area contributed by atoms with Crippen LogP contribution in [-0.2, 0) is 11.8 Å². The maximum absolute atomic E-state index is 12.4. The third kappa shape index (κ3) is 3.32. The van der Waals surface area contributed by atoms with Gasteiger partial charge in [0.1, 0.15) is 5.60 Å². The van der Waals surface area contributed by atoms with E-state index in [1.165, 1.54) is 4.68 Å². The SMILES string of the molecule is Cn1ncc2c(NC3CC4(C3)CN(C(=O)OC(C)(C)C)C4)ccc(Cl)c2c1=O. The molecular weight excluding hydrogens is 380 g/mol. The molecule has 1 aliphatic carbocycles. The summed E-state index contributed by atoms with van der Waals surface area (Å²) in [6, 6.07) is 3.94. The van der Waals surface area contributed by atoms with Crippen LogP contribution >= 0.6 is 11.6 Å². The molecule has 7 nitrogen and oxygen atoms in total. The summed E-state index contributed by atoms with van der Waals surface area (Å²) in [5.74, 6) is 0. The second kappa shape index (κ2) is 6.37. The van der Waals surface area contributed by atoms with E-state index in [0.29, 0.717) is 16.5 Å². The van der Waals surface area contributed by atoms with Crippen LogP contribution in [0.2, 0.25) is 5.02 Å². The van der Waals surface area contributed by atoms with E-state index in [9.17, 15) is 9.59 Å². The average molecular weight is 405 g/mol. The number of amides is 1. The molecule has 1 aliphatic heterocycles. The molecule has 0 bridgehead atoms. The zero-order valence-corrected chi connectivity index (χ0v) is 17.3. The minimum absolute atomic E-state index is 0.186. The van der Waals surface area contributed by atoms with Crippen molar-refractivity contribution < 1.29 is 9.53 Å². The molecule has 28 heavy (non-hydrogen) atoms. The van der Waals surface area contributed by atoms with Crippen molar-refractivity contribution in [1.82, 2.24) is 14.7 Å². The Labute approximate surface area is 168 Å². The normalized spacial score (nSPS) is 18.7. The zero-order valence-electron chi connectivity index (χ0n) is 16.6. The Balaban J connectivity index is 1.40. The van der Waals surface area contributed by atoms with Gasteiger partial charge in [-0.05, 0) is 45.7 Å². The predicted molar refractivity (Wildman–Crippen MR) is 109 cm³/mol. The van der Waals surface area contributed by atoms with Crippen LogP contribution < -0.4 is 10.9 Å². The van der Waals surface area contributed by atoms with Crippen LogP contribution in [0.5, 0.6) is 0 Å². The molecule has 1 saturated heterocycles. The number of benzene rings is 1. The number of hydrogen-bond acceptors (Lipinski definition) is 5. The second-order valence-electron chi connectivity index (χ2n) is 9.04. The molecule has 1 N–H and O–H groups in total. The maximum atomic E-state index is 12.4. The van der Waals surface area contributed by atoms with Crippen molar-refractivity contribution in [3.8, 4) is 0 Å². The molecule has 150 valence electrons. The van der Waals surface area contributed by atoms with Gasteiger partial charge in [-0.25, -0.2) is 9.48 Å². The highest BCUT2D eigenvalue weighted by atomic mass is 35.5. The number of rotatable bonds is 2. The number of carbonyl (C=O) groups is 1. The summed E-state index contributed by atoms with van der Waals surface area (Å²) in [7, 11) is 1.61. The minimum atomic E-state index is -0.468. The largest absolute Gasteiger partial charge is 0.444 e. The van der Waals surface area contributed by atoms with Crippen molar-refractivity contribution in [2.75, 3.05) is 18.4 Å². The number of ether oxygens (including phenoxy) is 1. The Hall–Kier alpha value is -2.28. The van der Waals surface area contributed by atoms with Crippen LogP contribution in [0.15, 0.2) is 23.1 Å². The van der Waals surface area contributed by atoms with Crippen molar-refractivity contribution in [3.05, 3.63) is 33.7 Å². The zero-order chi connectivity index (χ0) is 20.3. The fourth-order valence-electron chi connectivity index (χ4n) is 4.21. The third-order valence-electron chi connectivity index (χ3n) is 5.49. The minimum Gasteiger partial charge on any atom is -0.444 e. The van der Waals surface area contributed by atoms with E-state index in [2.05, 4.69) is 10.4 Å². The lowest BCUT2D eigenvalue weighted by Gasteiger charge is -2.58. The first kappa shape index (κ1) is 19.1. The van der Waals surface area contributed by atoms with E-state index < -0.39 is 5.60 Å². The Bertz CT molecular complexity index is 997. The molecule has 2 aromatic rings. The van der Waals surface area contributed by atoms with Crippen LogP contribution in [0.4, 0.5) is 10.5 Å². The Kier molecular flexibility index (Phi) is 4.34. The Morgan fingerprint density at radius 1 is 1.32 bits per heavy atom. The van der Waals surface area contributed by atoms with Crippen molar-refractivity contribution in [1.29, 1.82) is 0 Å². The number of anilines is 1. The molecular formula is C20H25ClN4O3. The first-order valence-electron chi connectivity index (χ1n) is 9.46. The number of fused-ring (bicyclic) bond motifs is 1. The number of aromatic nitrogens is 2. The molecule has 0 atom stereocenters. The van der Waals surface area contributed by atoms with Gasteiger partial charge in [-0.2, -0.15) is 5.10 Å². The average Bonchev–Trinajstić information content (AvgIpc) is 2.51. The highest BCUT2D eigenvalue weighted by molar-refractivity contribution is 6.35. The number of aryl methyl sites for hydroxylation is 1. The first-order chi connectivity index (χ1) is 13.1. The topological polar surface area (TPSA) is 76.5 Å². The maximum Gasteiger partial charge on any atom is 0.410 e. The van der Waals surface area contributed by atoms with Gasteiger partial charge in [0.05, 0.1) is 16.6 Å². The van der Waals surface area contributed by atoms with Gasteiger partial charge >= 0.3 is 6.09 Å². The van der Waals surface area contributed by atoms with E-state index in [0.717, 1.165) is 37.0 Å². The number of halogens is 1. The Morgan fingerprint density at radius 3 is 2.64 bits per heavy atom. The molecule has 0 unspecified atom stereocenters. The lowest BCUT2D eigenvalue weighted by Crippen LogP contribution is -2.66. The fraction of sp³-hybridized carbons (Fsp3) is 0.550. The summed E-state index contributed by atoms with van der Waals surface area (Å²) in [6.07, 6.45) is 3.40. The lowest BCUT2D eigenvalue weighted by molar-refractivity contribution is -0.0738. The van der Waals surface area contributed by atoms with E-state index in [4.69, 9.17) is 16.3 Å². The van der Waals surface area contributed by atoms with Crippen LogP contribution in [0.3, 0.4) is 0 Å².